The Bertz CT molecular complexity index is 545. The maximum Gasteiger partial charge on any atom is 0.257 e. The van der Waals surface area contributed by atoms with Gasteiger partial charge in [0.1, 0.15) is 0 Å². The summed E-state index contributed by atoms with van der Waals surface area (Å²) < 4.78 is 15.4. The number of methoxy groups -OCH3 is 2. The highest BCUT2D eigenvalue weighted by Crippen LogP contribution is 2.47. The first-order valence-corrected chi connectivity index (χ1v) is 5.47. The van der Waals surface area contributed by atoms with Crippen LogP contribution in [0.1, 0.15) is 5.56 Å². The monoisotopic (exact) mass is 266 g/mol. The molecule has 0 aromatic heterocycles. The molecule has 1 fully saturated rings. The molecule has 0 radical (unpaired) electrons. The smallest absolute Gasteiger partial charge is 0.257 e. The Hall–Kier alpha value is -2.28. The van der Waals surface area contributed by atoms with E-state index >= 15 is 0 Å². The predicted molar refractivity (Wildman–Crippen MR) is 64.5 cm³/mol. The summed E-state index contributed by atoms with van der Waals surface area (Å²) in [5, 5.41) is 0. The van der Waals surface area contributed by atoms with Crippen molar-refractivity contribution in [3.05, 3.63) is 23.8 Å². The summed E-state index contributed by atoms with van der Waals surface area (Å²) in [6.45, 7) is 0. The fourth-order valence-corrected chi connectivity index (χ4v) is 2.03. The molecule has 7 nitrogen and oxygen atoms in total. The average molecular weight is 266 g/mol. The van der Waals surface area contributed by atoms with E-state index in [1.54, 1.807) is 12.1 Å². The molecule has 102 valence electrons. The first-order chi connectivity index (χ1) is 8.97. The molecule has 1 aromatic carbocycles. The first kappa shape index (κ1) is 13.2. The highest BCUT2D eigenvalue weighted by atomic mass is 16.6. The van der Waals surface area contributed by atoms with Gasteiger partial charge in [-0.2, -0.15) is 0 Å². The summed E-state index contributed by atoms with van der Waals surface area (Å²) in [6, 6.07) is 4.71. The molecule has 1 aliphatic heterocycles. The van der Waals surface area contributed by atoms with E-state index in [2.05, 4.69) is 0 Å². The molecule has 1 heterocycles. The topological polar surface area (TPSA) is 117 Å². The largest absolute Gasteiger partial charge is 0.493 e. The summed E-state index contributed by atoms with van der Waals surface area (Å²) in [6.07, 6.45) is -1.05. The molecule has 7 heteroatoms. The van der Waals surface area contributed by atoms with Crippen molar-refractivity contribution >= 4 is 11.8 Å². The van der Waals surface area contributed by atoms with Gasteiger partial charge in [-0.3, -0.25) is 9.59 Å². The van der Waals surface area contributed by atoms with Crippen molar-refractivity contribution in [1.29, 1.82) is 0 Å². The first-order valence-electron chi connectivity index (χ1n) is 5.47. The van der Waals surface area contributed by atoms with Crippen LogP contribution in [0.15, 0.2) is 18.2 Å². The minimum atomic E-state index is -1.51. The number of epoxide rings is 1. The fourth-order valence-electron chi connectivity index (χ4n) is 2.03. The van der Waals surface area contributed by atoms with E-state index in [0.717, 1.165) is 0 Å². The van der Waals surface area contributed by atoms with E-state index in [4.69, 9.17) is 25.7 Å². The van der Waals surface area contributed by atoms with Crippen molar-refractivity contribution in [3.8, 4) is 11.5 Å². The molecular formula is C12H14N2O5. The van der Waals surface area contributed by atoms with Gasteiger partial charge in [-0.25, -0.2) is 0 Å². The van der Waals surface area contributed by atoms with Crippen LogP contribution in [0.5, 0.6) is 11.5 Å². The van der Waals surface area contributed by atoms with Crippen molar-refractivity contribution in [2.75, 3.05) is 14.2 Å². The van der Waals surface area contributed by atoms with Gasteiger partial charge in [0.05, 0.1) is 14.2 Å². The number of rotatable bonds is 5. The van der Waals surface area contributed by atoms with Crippen LogP contribution in [-0.4, -0.2) is 32.1 Å². The maximum absolute atomic E-state index is 11.6. The van der Waals surface area contributed by atoms with Gasteiger partial charge in [-0.15, -0.1) is 0 Å². The van der Waals surface area contributed by atoms with Crippen LogP contribution in [0.3, 0.4) is 0 Å². The van der Waals surface area contributed by atoms with E-state index in [1.165, 1.54) is 20.3 Å². The molecule has 0 aliphatic carbocycles. The molecule has 1 saturated heterocycles. The van der Waals surface area contributed by atoms with Crippen molar-refractivity contribution in [1.82, 2.24) is 0 Å². The Balaban J connectivity index is 2.46. The summed E-state index contributed by atoms with van der Waals surface area (Å²) in [5.41, 5.74) is 9.35. The lowest BCUT2D eigenvalue weighted by Crippen LogP contribution is -2.36. The highest BCUT2D eigenvalue weighted by molar-refractivity contribution is 5.98. The molecule has 0 bridgehead atoms. The normalized spacial score (nSPS) is 24.6. The molecule has 1 aliphatic rings. The van der Waals surface area contributed by atoms with Gasteiger partial charge in [0.25, 0.3) is 11.8 Å². The van der Waals surface area contributed by atoms with E-state index in [1.807, 2.05) is 0 Å². The Morgan fingerprint density at radius 3 is 2.26 bits per heavy atom. The van der Waals surface area contributed by atoms with Crippen LogP contribution in [0.25, 0.3) is 0 Å². The van der Waals surface area contributed by atoms with E-state index in [0.29, 0.717) is 17.1 Å². The molecular weight excluding hydrogens is 252 g/mol. The summed E-state index contributed by atoms with van der Waals surface area (Å²) >= 11 is 0. The molecule has 2 atom stereocenters. The Morgan fingerprint density at radius 2 is 1.84 bits per heavy atom. The zero-order valence-electron chi connectivity index (χ0n) is 10.5. The van der Waals surface area contributed by atoms with Crippen molar-refractivity contribution in [3.63, 3.8) is 0 Å². The van der Waals surface area contributed by atoms with Gasteiger partial charge in [0, 0.05) is 5.56 Å². The number of hydrogen-bond donors (Lipinski definition) is 2. The minimum absolute atomic E-state index is 0.402. The zero-order chi connectivity index (χ0) is 14.2. The van der Waals surface area contributed by atoms with Gasteiger partial charge in [0.15, 0.2) is 17.6 Å². The number of carbonyl (C=O) groups excluding carboxylic acids is 2. The van der Waals surface area contributed by atoms with Crippen LogP contribution in [0.2, 0.25) is 0 Å². The van der Waals surface area contributed by atoms with Crippen LogP contribution in [-0.2, 0) is 19.9 Å². The predicted octanol–water partition coefficient (Wildman–Crippen LogP) is -0.731. The lowest BCUT2D eigenvalue weighted by molar-refractivity contribution is -0.124. The molecule has 0 saturated carbocycles. The van der Waals surface area contributed by atoms with Gasteiger partial charge in [-0.05, 0) is 12.1 Å². The van der Waals surface area contributed by atoms with Crippen LogP contribution in [0.4, 0.5) is 0 Å². The molecule has 0 spiro atoms. The number of hydrogen-bond acceptors (Lipinski definition) is 5. The van der Waals surface area contributed by atoms with Gasteiger partial charge in [-0.1, -0.05) is 6.07 Å². The second-order valence-corrected chi connectivity index (χ2v) is 4.07. The van der Waals surface area contributed by atoms with Gasteiger partial charge >= 0.3 is 0 Å². The molecule has 2 amide bonds. The molecule has 2 unspecified atom stereocenters. The van der Waals surface area contributed by atoms with E-state index in [-0.39, 0.29) is 0 Å². The van der Waals surface area contributed by atoms with Crippen molar-refractivity contribution in [2.24, 2.45) is 11.5 Å². The van der Waals surface area contributed by atoms with Crippen LogP contribution >= 0.6 is 0 Å². The minimum Gasteiger partial charge on any atom is -0.493 e. The molecule has 2 rings (SSSR count). The van der Waals surface area contributed by atoms with E-state index < -0.39 is 23.5 Å². The summed E-state index contributed by atoms with van der Waals surface area (Å²) in [4.78, 5) is 22.7. The third-order valence-corrected chi connectivity index (χ3v) is 3.05. The second kappa shape index (κ2) is 4.43. The number of primary amides is 2. The standard InChI is InChI=1S/C12H14N2O5/c1-17-7-4-3-6(5-8(7)18-2)12(11(14)16)9(19-12)10(13)15/h3-5,9H,1-2H3,(H2,13,15)(H2,14,16). The maximum atomic E-state index is 11.6. The Kier molecular flexibility index (Phi) is 3.07. The lowest BCUT2D eigenvalue weighted by Gasteiger charge is -2.13. The van der Waals surface area contributed by atoms with Gasteiger partial charge in [0.2, 0.25) is 5.60 Å². The van der Waals surface area contributed by atoms with Crippen LogP contribution < -0.4 is 20.9 Å². The number of amides is 2. The number of carbonyl (C=O) groups is 2. The van der Waals surface area contributed by atoms with Crippen LogP contribution in [0, 0.1) is 0 Å². The summed E-state index contributed by atoms with van der Waals surface area (Å²) in [5.74, 6) is -0.626. The Labute approximate surface area is 109 Å². The van der Waals surface area contributed by atoms with Crippen molar-refractivity contribution in [2.45, 2.75) is 11.7 Å². The third-order valence-electron chi connectivity index (χ3n) is 3.05. The molecule has 1 aromatic rings. The quantitative estimate of drug-likeness (QED) is 0.681. The third kappa shape index (κ3) is 1.88. The SMILES string of the molecule is COc1ccc(C2(C(N)=O)OC2C(N)=O)cc1OC. The van der Waals surface area contributed by atoms with Gasteiger partial charge < -0.3 is 25.7 Å². The lowest BCUT2D eigenvalue weighted by atomic mass is 9.94. The summed E-state index contributed by atoms with van der Waals surface area (Å²) in [7, 11) is 2.94. The number of benzene rings is 1. The zero-order valence-corrected chi connectivity index (χ0v) is 10.5. The second-order valence-electron chi connectivity index (χ2n) is 4.07. The Morgan fingerprint density at radius 1 is 1.21 bits per heavy atom. The molecule has 19 heavy (non-hydrogen) atoms. The van der Waals surface area contributed by atoms with E-state index in [9.17, 15) is 9.59 Å². The number of ether oxygens (including phenoxy) is 3. The van der Waals surface area contributed by atoms with Crippen molar-refractivity contribution < 1.29 is 23.8 Å². The highest BCUT2D eigenvalue weighted by Gasteiger charge is 2.66. The number of nitrogens with two attached hydrogens (primary N) is 2. The molecule has 4 N–H and O–H groups in total. The fraction of sp³-hybridized carbons (Fsp3) is 0.333. The average Bonchev–Trinajstić information content (AvgIpc) is 3.15.